The summed E-state index contributed by atoms with van der Waals surface area (Å²) in [4.78, 5) is 13.8. The molecule has 0 aromatic carbocycles. The highest BCUT2D eigenvalue weighted by molar-refractivity contribution is 7.10. The smallest absolute Gasteiger partial charge is 0.308 e. The van der Waals surface area contributed by atoms with Crippen molar-refractivity contribution >= 4 is 17.3 Å². The fourth-order valence-electron chi connectivity index (χ4n) is 1.00. The van der Waals surface area contributed by atoms with E-state index in [1.807, 2.05) is 5.38 Å². The first-order valence-corrected chi connectivity index (χ1v) is 5.39. The number of aliphatic carboxylic acids is 1. The van der Waals surface area contributed by atoms with Crippen molar-refractivity contribution in [1.29, 1.82) is 0 Å². The van der Waals surface area contributed by atoms with Crippen LogP contribution in [0.25, 0.3) is 10.4 Å². The van der Waals surface area contributed by atoms with Gasteiger partial charge in [-0.05, 0) is 11.6 Å². The molecule has 0 aliphatic heterocycles. The van der Waals surface area contributed by atoms with Crippen molar-refractivity contribution in [2.24, 2.45) is 5.11 Å². The summed E-state index contributed by atoms with van der Waals surface area (Å²) in [5.74, 6) is 4.89. The first-order chi connectivity index (χ1) is 7.72. The Morgan fingerprint density at radius 3 is 3.19 bits per heavy atom. The monoisotopic (exact) mass is 235 g/mol. The van der Waals surface area contributed by atoms with E-state index in [4.69, 9.17) is 10.6 Å². The molecule has 0 spiro atoms. The van der Waals surface area contributed by atoms with Crippen LogP contribution in [0.15, 0.2) is 16.6 Å². The second kappa shape index (κ2) is 6.51. The van der Waals surface area contributed by atoms with Crippen LogP contribution >= 0.6 is 11.3 Å². The van der Waals surface area contributed by atoms with Crippen LogP contribution in [0.3, 0.4) is 0 Å². The average molecular weight is 235 g/mol. The molecule has 1 aromatic heterocycles. The maximum absolute atomic E-state index is 10.4. The molecule has 0 saturated heterocycles. The Labute approximate surface area is 96.4 Å². The number of hydrogen-bond donors (Lipinski definition) is 1. The van der Waals surface area contributed by atoms with E-state index in [1.165, 1.54) is 11.3 Å². The van der Waals surface area contributed by atoms with Crippen LogP contribution in [-0.4, -0.2) is 17.6 Å². The Morgan fingerprint density at radius 1 is 1.69 bits per heavy atom. The van der Waals surface area contributed by atoms with Gasteiger partial charge in [0.15, 0.2) is 0 Å². The molecule has 0 fully saturated rings. The van der Waals surface area contributed by atoms with E-state index in [0.29, 0.717) is 13.0 Å². The second-order valence-corrected chi connectivity index (χ2v) is 3.87. The standard InChI is InChI=1S/C10H9N3O2S/c11-13-12-4-2-1-3-8-5-9(16-7-8)6-10(14)15/h5,7H,2,4,6H2,(H,14,15). The molecule has 1 aromatic rings. The van der Waals surface area contributed by atoms with Crippen molar-refractivity contribution in [3.8, 4) is 11.8 Å². The van der Waals surface area contributed by atoms with Gasteiger partial charge in [-0.2, -0.15) is 0 Å². The van der Waals surface area contributed by atoms with Gasteiger partial charge < -0.3 is 5.11 Å². The number of carboxylic acid groups (broad SMARTS) is 1. The number of carboxylic acids is 1. The van der Waals surface area contributed by atoms with Gasteiger partial charge in [-0.25, -0.2) is 0 Å². The van der Waals surface area contributed by atoms with Crippen LogP contribution in [0.4, 0.5) is 0 Å². The van der Waals surface area contributed by atoms with E-state index in [0.717, 1.165) is 10.4 Å². The molecule has 16 heavy (non-hydrogen) atoms. The molecule has 1 N–H and O–H groups in total. The number of azide groups is 1. The minimum Gasteiger partial charge on any atom is -0.481 e. The highest BCUT2D eigenvalue weighted by Gasteiger charge is 2.02. The van der Waals surface area contributed by atoms with Gasteiger partial charge in [0.2, 0.25) is 0 Å². The summed E-state index contributed by atoms with van der Waals surface area (Å²) in [7, 11) is 0. The fraction of sp³-hybridized carbons (Fsp3) is 0.300. The summed E-state index contributed by atoms with van der Waals surface area (Å²) in [5, 5.41) is 13.7. The Hall–Kier alpha value is -1.96. The number of carbonyl (C=O) groups is 1. The third-order valence-corrected chi connectivity index (χ3v) is 2.55. The van der Waals surface area contributed by atoms with Gasteiger partial charge in [-0.1, -0.05) is 17.0 Å². The van der Waals surface area contributed by atoms with Gasteiger partial charge in [0, 0.05) is 33.7 Å². The van der Waals surface area contributed by atoms with Gasteiger partial charge in [-0.3, -0.25) is 4.79 Å². The zero-order chi connectivity index (χ0) is 11.8. The normalized spacial score (nSPS) is 8.75. The lowest BCUT2D eigenvalue weighted by atomic mass is 10.2. The minimum atomic E-state index is -0.843. The van der Waals surface area contributed by atoms with Crippen molar-refractivity contribution in [3.63, 3.8) is 0 Å². The fourth-order valence-corrected chi connectivity index (χ4v) is 1.81. The molecule has 5 nitrogen and oxygen atoms in total. The number of rotatable bonds is 4. The SMILES string of the molecule is [N-]=[N+]=NCCC#Cc1csc(CC(=O)O)c1. The molecule has 1 heterocycles. The van der Waals surface area contributed by atoms with E-state index in [1.54, 1.807) is 6.07 Å². The van der Waals surface area contributed by atoms with Crippen LogP contribution in [0, 0.1) is 11.8 Å². The molecular formula is C10H9N3O2S. The summed E-state index contributed by atoms with van der Waals surface area (Å²) in [6, 6.07) is 1.76. The lowest BCUT2D eigenvalue weighted by Crippen LogP contribution is -1.97. The zero-order valence-electron chi connectivity index (χ0n) is 8.38. The molecule has 0 aliphatic rings. The summed E-state index contributed by atoms with van der Waals surface area (Å²) in [5.41, 5.74) is 8.83. The number of nitrogens with zero attached hydrogens (tertiary/aromatic N) is 3. The van der Waals surface area contributed by atoms with E-state index in [-0.39, 0.29) is 6.42 Å². The summed E-state index contributed by atoms with van der Waals surface area (Å²) >= 11 is 1.38. The van der Waals surface area contributed by atoms with Crippen LogP contribution in [0.5, 0.6) is 0 Å². The Morgan fingerprint density at radius 2 is 2.50 bits per heavy atom. The quantitative estimate of drug-likeness (QED) is 0.285. The largest absolute Gasteiger partial charge is 0.481 e. The molecule has 0 amide bonds. The third-order valence-electron chi connectivity index (χ3n) is 1.61. The van der Waals surface area contributed by atoms with E-state index in [9.17, 15) is 4.79 Å². The van der Waals surface area contributed by atoms with Crippen molar-refractivity contribution < 1.29 is 9.90 Å². The lowest BCUT2D eigenvalue weighted by molar-refractivity contribution is -0.136. The van der Waals surface area contributed by atoms with Crippen molar-refractivity contribution in [2.75, 3.05) is 6.54 Å². The molecule has 0 aliphatic carbocycles. The highest BCUT2D eigenvalue weighted by atomic mass is 32.1. The van der Waals surface area contributed by atoms with Crippen molar-refractivity contribution in [3.05, 3.63) is 32.3 Å². The maximum Gasteiger partial charge on any atom is 0.308 e. The molecule has 82 valence electrons. The van der Waals surface area contributed by atoms with Crippen LogP contribution in [0.2, 0.25) is 0 Å². The average Bonchev–Trinajstić information content (AvgIpc) is 2.64. The predicted molar refractivity (Wildman–Crippen MR) is 61.2 cm³/mol. The Bertz CT molecular complexity index is 478. The van der Waals surface area contributed by atoms with Crippen LogP contribution in [0.1, 0.15) is 16.9 Å². The molecule has 0 unspecified atom stereocenters. The minimum absolute atomic E-state index is 0.0328. The summed E-state index contributed by atoms with van der Waals surface area (Å²) in [6.07, 6.45) is 0.541. The molecule has 1 rings (SSSR count). The van der Waals surface area contributed by atoms with Crippen molar-refractivity contribution in [1.82, 2.24) is 0 Å². The summed E-state index contributed by atoms with van der Waals surface area (Å²) in [6.45, 7) is 0.357. The predicted octanol–water partition coefficient (Wildman–Crippen LogP) is 2.43. The number of hydrogen-bond acceptors (Lipinski definition) is 3. The first-order valence-electron chi connectivity index (χ1n) is 4.51. The lowest BCUT2D eigenvalue weighted by Gasteiger charge is -1.86. The molecule has 0 atom stereocenters. The van der Waals surface area contributed by atoms with Gasteiger partial charge >= 0.3 is 5.97 Å². The van der Waals surface area contributed by atoms with E-state index >= 15 is 0 Å². The molecule has 6 heteroatoms. The van der Waals surface area contributed by atoms with Crippen molar-refractivity contribution in [2.45, 2.75) is 12.8 Å². The Kier molecular flexibility index (Phi) is 4.93. The summed E-state index contributed by atoms with van der Waals surface area (Å²) < 4.78 is 0. The molecule has 0 radical (unpaired) electrons. The third kappa shape index (κ3) is 4.51. The van der Waals surface area contributed by atoms with Gasteiger partial charge in [-0.15, -0.1) is 11.3 Å². The zero-order valence-corrected chi connectivity index (χ0v) is 9.20. The molecular weight excluding hydrogens is 226 g/mol. The molecule has 0 saturated carbocycles. The topological polar surface area (TPSA) is 86.1 Å². The van der Waals surface area contributed by atoms with Crippen LogP contribution < -0.4 is 0 Å². The van der Waals surface area contributed by atoms with Crippen LogP contribution in [-0.2, 0) is 11.2 Å². The first kappa shape index (κ1) is 12.1. The number of thiophene rings is 1. The molecule has 0 bridgehead atoms. The Balaban J connectivity index is 2.51. The maximum atomic E-state index is 10.4. The highest BCUT2D eigenvalue weighted by Crippen LogP contribution is 2.14. The van der Waals surface area contributed by atoms with Gasteiger partial charge in [0.25, 0.3) is 0 Å². The van der Waals surface area contributed by atoms with Gasteiger partial charge in [0.1, 0.15) is 0 Å². The van der Waals surface area contributed by atoms with Gasteiger partial charge in [0.05, 0.1) is 6.42 Å². The van der Waals surface area contributed by atoms with E-state index in [2.05, 4.69) is 21.9 Å². The van der Waals surface area contributed by atoms with E-state index < -0.39 is 5.97 Å². The second-order valence-electron chi connectivity index (χ2n) is 2.88.